The van der Waals surface area contributed by atoms with E-state index in [-0.39, 0.29) is 11.8 Å². The summed E-state index contributed by atoms with van der Waals surface area (Å²) in [5, 5.41) is 0. The van der Waals surface area contributed by atoms with Gasteiger partial charge in [-0.2, -0.15) is 0 Å². The van der Waals surface area contributed by atoms with Gasteiger partial charge >= 0.3 is 0 Å². The van der Waals surface area contributed by atoms with E-state index < -0.39 is 5.72 Å². The molecule has 0 fully saturated rings. The zero-order valence-electron chi connectivity index (χ0n) is 14.4. The lowest BCUT2D eigenvalue weighted by Crippen LogP contribution is -2.59. The number of amides is 2. The Morgan fingerprint density at radius 2 is 1.76 bits per heavy atom. The SMILES string of the molecule is CCC(=O)N1c2ccccc2COC12C(=O)N(CC)c1ccccc12. The molecule has 0 bridgehead atoms. The zero-order valence-corrected chi connectivity index (χ0v) is 14.4. The molecular weight excluding hydrogens is 316 g/mol. The van der Waals surface area contributed by atoms with Crippen molar-refractivity contribution < 1.29 is 14.3 Å². The third-order valence-electron chi connectivity index (χ3n) is 4.95. The lowest BCUT2D eigenvalue weighted by atomic mass is 9.97. The van der Waals surface area contributed by atoms with Crippen LogP contribution in [0.25, 0.3) is 0 Å². The lowest BCUT2D eigenvalue weighted by Gasteiger charge is -2.43. The molecular formula is C20H20N2O3. The average molecular weight is 336 g/mol. The van der Waals surface area contributed by atoms with Crippen LogP contribution in [0.4, 0.5) is 11.4 Å². The number of rotatable bonds is 2. The third kappa shape index (κ3) is 1.99. The highest BCUT2D eigenvalue weighted by Crippen LogP contribution is 2.50. The van der Waals surface area contributed by atoms with E-state index in [1.54, 1.807) is 16.7 Å². The summed E-state index contributed by atoms with van der Waals surface area (Å²) in [6, 6.07) is 15.2. The Balaban J connectivity index is 2.00. The molecule has 2 aromatic carbocycles. The number of anilines is 2. The summed E-state index contributed by atoms with van der Waals surface area (Å²) in [4.78, 5) is 29.6. The Hall–Kier alpha value is -2.66. The topological polar surface area (TPSA) is 49.9 Å². The van der Waals surface area contributed by atoms with Gasteiger partial charge in [0.2, 0.25) is 5.91 Å². The van der Waals surface area contributed by atoms with E-state index in [0.717, 1.165) is 22.5 Å². The minimum Gasteiger partial charge on any atom is -0.338 e. The fourth-order valence-electron chi connectivity index (χ4n) is 3.81. The van der Waals surface area contributed by atoms with E-state index in [4.69, 9.17) is 4.74 Å². The van der Waals surface area contributed by atoms with Crippen LogP contribution in [-0.4, -0.2) is 18.4 Å². The molecule has 0 aromatic heterocycles. The van der Waals surface area contributed by atoms with Crippen molar-refractivity contribution in [2.75, 3.05) is 16.3 Å². The second kappa shape index (κ2) is 5.70. The van der Waals surface area contributed by atoms with Crippen molar-refractivity contribution >= 4 is 23.2 Å². The summed E-state index contributed by atoms with van der Waals surface area (Å²) in [5.41, 5.74) is 1.80. The standard InChI is InChI=1S/C20H20N2O3/c1-3-18(23)22-16-11-7-5-9-14(16)13-25-20(22)15-10-6-8-12-17(15)21(4-2)19(20)24/h5-12H,3-4,13H2,1-2H3. The first-order valence-electron chi connectivity index (χ1n) is 8.61. The second-order valence-electron chi connectivity index (χ2n) is 6.21. The van der Waals surface area contributed by atoms with Gasteiger partial charge in [0.1, 0.15) is 0 Å². The normalized spacial score (nSPS) is 21.4. The van der Waals surface area contributed by atoms with Gasteiger partial charge in [-0.15, -0.1) is 0 Å². The molecule has 2 aliphatic heterocycles. The molecule has 4 rings (SSSR count). The summed E-state index contributed by atoms with van der Waals surface area (Å²) in [6.07, 6.45) is 0.293. The molecule has 0 N–H and O–H groups in total. The van der Waals surface area contributed by atoms with E-state index in [1.165, 1.54) is 0 Å². The minimum absolute atomic E-state index is 0.131. The number of nitrogens with zero attached hydrogens (tertiary/aromatic N) is 2. The van der Waals surface area contributed by atoms with Gasteiger partial charge in [-0.1, -0.05) is 43.3 Å². The van der Waals surface area contributed by atoms with Crippen LogP contribution in [0.3, 0.4) is 0 Å². The van der Waals surface area contributed by atoms with Crippen LogP contribution >= 0.6 is 0 Å². The third-order valence-corrected chi connectivity index (χ3v) is 4.95. The number of benzene rings is 2. The number of likely N-dealkylation sites (N-methyl/N-ethyl adjacent to an activating group) is 1. The summed E-state index contributed by atoms with van der Waals surface area (Å²) in [6.45, 7) is 4.55. The average Bonchev–Trinajstić information content (AvgIpc) is 2.89. The molecule has 128 valence electrons. The molecule has 2 heterocycles. The van der Waals surface area contributed by atoms with Crippen molar-refractivity contribution in [1.29, 1.82) is 0 Å². The maximum atomic E-state index is 13.4. The molecule has 1 spiro atoms. The van der Waals surface area contributed by atoms with Gasteiger partial charge in [-0.05, 0) is 19.1 Å². The Kier molecular flexibility index (Phi) is 3.62. The smallest absolute Gasteiger partial charge is 0.286 e. The molecule has 1 unspecified atom stereocenters. The molecule has 0 saturated heterocycles. The number of hydrogen-bond acceptors (Lipinski definition) is 3. The number of fused-ring (bicyclic) bond motifs is 3. The number of ether oxygens (including phenoxy) is 1. The van der Waals surface area contributed by atoms with E-state index in [2.05, 4.69) is 0 Å². The van der Waals surface area contributed by atoms with Gasteiger partial charge in [0.25, 0.3) is 11.6 Å². The summed E-state index contributed by atoms with van der Waals surface area (Å²) in [7, 11) is 0. The predicted octanol–water partition coefficient (Wildman–Crippen LogP) is 3.18. The first kappa shape index (κ1) is 15.8. The molecule has 1 atom stereocenters. The van der Waals surface area contributed by atoms with Gasteiger partial charge in [-0.25, -0.2) is 0 Å². The van der Waals surface area contributed by atoms with Crippen molar-refractivity contribution in [3.05, 3.63) is 59.7 Å². The quantitative estimate of drug-likeness (QED) is 0.846. The Labute approximate surface area is 146 Å². The zero-order chi connectivity index (χ0) is 17.6. The highest BCUT2D eigenvalue weighted by atomic mass is 16.5. The Morgan fingerprint density at radius 3 is 2.48 bits per heavy atom. The van der Waals surface area contributed by atoms with E-state index in [0.29, 0.717) is 19.6 Å². The number of para-hydroxylation sites is 2. The molecule has 2 aliphatic rings. The Morgan fingerprint density at radius 1 is 1.08 bits per heavy atom. The van der Waals surface area contributed by atoms with Crippen LogP contribution < -0.4 is 9.80 Å². The second-order valence-corrected chi connectivity index (χ2v) is 6.21. The van der Waals surface area contributed by atoms with Crippen LogP contribution in [0.2, 0.25) is 0 Å². The van der Waals surface area contributed by atoms with E-state index in [9.17, 15) is 9.59 Å². The van der Waals surface area contributed by atoms with E-state index in [1.807, 2.05) is 55.5 Å². The largest absolute Gasteiger partial charge is 0.338 e. The minimum atomic E-state index is -1.41. The highest BCUT2D eigenvalue weighted by Gasteiger charge is 2.59. The molecule has 2 aromatic rings. The molecule has 2 amide bonds. The van der Waals surface area contributed by atoms with Crippen molar-refractivity contribution in [2.24, 2.45) is 0 Å². The van der Waals surface area contributed by atoms with Crippen LogP contribution in [0.5, 0.6) is 0 Å². The summed E-state index contributed by atoms with van der Waals surface area (Å²) < 4.78 is 6.17. The van der Waals surface area contributed by atoms with Crippen molar-refractivity contribution in [2.45, 2.75) is 32.6 Å². The van der Waals surface area contributed by atoms with Crippen molar-refractivity contribution in [3.8, 4) is 0 Å². The molecule has 25 heavy (non-hydrogen) atoms. The first-order chi connectivity index (χ1) is 12.1. The van der Waals surface area contributed by atoms with Gasteiger partial charge in [0.15, 0.2) is 0 Å². The number of hydrogen-bond donors (Lipinski definition) is 0. The fourth-order valence-corrected chi connectivity index (χ4v) is 3.81. The molecule has 5 nitrogen and oxygen atoms in total. The van der Waals surface area contributed by atoms with Crippen molar-refractivity contribution in [3.63, 3.8) is 0 Å². The highest BCUT2D eigenvalue weighted by molar-refractivity contribution is 6.14. The molecule has 0 aliphatic carbocycles. The van der Waals surface area contributed by atoms with Gasteiger partial charge in [-0.3, -0.25) is 14.5 Å². The summed E-state index contributed by atoms with van der Waals surface area (Å²) >= 11 is 0. The summed E-state index contributed by atoms with van der Waals surface area (Å²) in [5.74, 6) is -0.333. The monoisotopic (exact) mass is 336 g/mol. The van der Waals surface area contributed by atoms with Gasteiger partial charge in [0.05, 0.1) is 18.0 Å². The maximum Gasteiger partial charge on any atom is 0.286 e. The fraction of sp³-hybridized carbons (Fsp3) is 0.300. The molecule has 0 saturated carbocycles. The van der Waals surface area contributed by atoms with Gasteiger partial charge < -0.3 is 9.64 Å². The lowest BCUT2D eigenvalue weighted by molar-refractivity contribution is -0.152. The maximum absolute atomic E-state index is 13.4. The Bertz CT molecular complexity index is 864. The number of carbonyl (C=O) groups excluding carboxylic acids is 2. The predicted molar refractivity (Wildman–Crippen MR) is 95.2 cm³/mol. The van der Waals surface area contributed by atoms with Crippen LogP contribution in [-0.2, 0) is 26.7 Å². The molecule has 0 radical (unpaired) electrons. The van der Waals surface area contributed by atoms with Crippen molar-refractivity contribution in [1.82, 2.24) is 0 Å². The number of carbonyl (C=O) groups is 2. The molecule has 5 heteroatoms. The van der Waals surface area contributed by atoms with Crippen LogP contribution in [0.15, 0.2) is 48.5 Å². The van der Waals surface area contributed by atoms with Crippen LogP contribution in [0, 0.1) is 0 Å². The van der Waals surface area contributed by atoms with Gasteiger partial charge in [0, 0.05) is 24.1 Å². The van der Waals surface area contributed by atoms with E-state index >= 15 is 0 Å². The van der Waals surface area contributed by atoms with Crippen LogP contribution in [0.1, 0.15) is 31.4 Å². The first-order valence-corrected chi connectivity index (χ1v) is 8.61.